The first kappa shape index (κ1) is 18.1. The molecule has 1 aromatic rings. The number of amides is 3. The molecule has 1 aromatic carbocycles. The lowest BCUT2D eigenvalue weighted by molar-refractivity contribution is -0.738. The molecule has 7 heteroatoms. The van der Waals surface area contributed by atoms with Gasteiger partial charge < -0.3 is 15.4 Å². The normalized spacial score (nSPS) is 31.8. The molecule has 3 amide bonds. The van der Waals surface area contributed by atoms with E-state index in [1.165, 1.54) is 4.90 Å². The molecule has 2 saturated heterocycles. The number of hydrogen-bond acceptors (Lipinski definition) is 4. The number of methoxy groups -OCH3 is 1. The molecule has 3 N–H and O–H groups in total. The predicted octanol–water partition coefficient (Wildman–Crippen LogP) is 0.0733. The Balaban J connectivity index is 1.79. The minimum Gasteiger partial charge on any atom is -0.385 e. The van der Waals surface area contributed by atoms with Crippen molar-refractivity contribution in [1.29, 1.82) is 0 Å². The summed E-state index contributed by atoms with van der Waals surface area (Å²) in [6.07, 6.45) is 0.596. The molecular formula is C20H26N3O4+. The number of rotatable bonds is 5. The van der Waals surface area contributed by atoms with Crippen molar-refractivity contribution in [3.8, 4) is 0 Å². The second-order valence-electron chi connectivity index (χ2n) is 8.03. The lowest BCUT2D eigenvalue weighted by Gasteiger charge is -2.27. The van der Waals surface area contributed by atoms with E-state index in [0.29, 0.717) is 19.6 Å². The van der Waals surface area contributed by atoms with Crippen molar-refractivity contribution < 1.29 is 24.4 Å². The number of nitrogens with two attached hydrogens (primary N) is 1. The second kappa shape index (κ2) is 6.42. The van der Waals surface area contributed by atoms with Gasteiger partial charge in [-0.25, -0.2) is 0 Å². The molecule has 4 rings (SSSR count). The number of hydrogen-bond donors (Lipinski definition) is 2. The van der Waals surface area contributed by atoms with Gasteiger partial charge in [-0.05, 0) is 12.5 Å². The number of nitrogens with zero attached hydrogens (tertiary/aromatic N) is 1. The highest BCUT2D eigenvalue weighted by Crippen LogP contribution is 2.49. The van der Waals surface area contributed by atoms with Gasteiger partial charge in [-0.3, -0.25) is 19.3 Å². The van der Waals surface area contributed by atoms with Crippen molar-refractivity contribution in [3.05, 3.63) is 29.8 Å². The first-order valence-corrected chi connectivity index (χ1v) is 9.54. The van der Waals surface area contributed by atoms with E-state index in [4.69, 9.17) is 4.74 Å². The van der Waals surface area contributed by atoms with Crippen LogP contribution in [0.15, 0.2) is 24.3 Å². The zero-order chi connectivity index (χ0) is 19.3. The molecule has 3 aliphatic heterocycles. The molecule has 7 nitrogen and oxygen atoms in total. The fourth-order valence-electron chi connectivity index (χ4n) is 5.10. The fraction of sp³-hybridized carbons (Fsp3) is 0.550. The van der Waals surface area contributed by atoms with Crippen LogP contribution in [0.3, 0.4) is 0 Å². The van der Waals surface area contributed by atoms with Crippen molar-refractivity contribution in [2.24, 2.45) is 17.8 Å². The van der Waals surface area contributed by atoms with E-state index in [2.05, 4.69) is 5.32 Å². The minimum atomic E-state index is -1.06. The molecule has 27 heavy (non-hydrogen) atoms. The minimum absolute atomic E-state index is 0.115. The van der Waals surface area contributed by atoms with Crippen LogP contribution in [0.4, 0.5) is 5.69 Å². The van der Waals surface area contributed by atoms with Crippen molar-refractivity contribution in [2.45, 2.75) is 31.8 Å². The molecule has 0 radical (unpaired) electrons. The molecule has 3 aliphatic rings. The summed E-state index contributed by atoms with van der Waals surface area (Å²) in [7, 11) is 1.60. The zero-order valence-corrected chi connectivity index (χ0v) is 15.9. The third-order valence-corrected chi connectivity index (χ3v) is 6.30. The molecule has 0 aliphatic carbocycles. The molecule has 0 bridgehead atoms. The van der Waals surface area contributed by atoms with Crippen molar-refractivity contribution >= 4 is 23.4 Å². The summed E-state index contributed by atoms with van der Waals surface area (Å²) in [6.45, 7) is 4.91. The molecule has 0 unspecified atom stereocenters. The average Bonchev–Trinajstić information content (AvgIpc) is 3.22. The summed E-state index contributed by atoms with van der Waals surface area (Å²) in [5.74, 6) is -1.55. The Bertz CT molecular complexity index is 808. The number of likely N-dealkylation sites (tertiary alicyclic amines) is 1. The van der Waals surface area contributed by atoms with Gasteiger partial charge in [0.15, 0.2) is 0 Å². The highest BCUT2D eigenvalue weighted by molar-refractivity contribution is 6.13. The van der Waals surface area contributed by atoms with Crippen molar-refractivity contribution in [3.63, 3.8) is 0 Å². The molecule has 0 aromatic heterocycles. The van der Waals surface area contributed by atoms with Gasteiger partial charge >= 0.3 is 0 Å². The summed E-state index contributed by atoms with van der Waals surface area (Å²) >= 11 is 0. The first-order chi connectivity index (χ1) is 12.9. The summed E-state index contributed by atoms with van der Waals surface area (Å²) in [6, 6.07) is 7.38. The maximum absolute atomic E-state index is 13.3. The highest BCUT2D eigenvalue weighted by Gasteiger charge is 2.74. The topological polar surface area (TPSA) is 92.3 Å². The Hall–Kier alpha value is -2.25. The molecular weight excluding hydrogens is 346 g/mol. The van der Waals surface area contributed by atoms with E-state index >= 15 is 0 Å². The Kier molecular flexibility index (Phi) is 4.31. The largest absolute Gasteiger partial charge is 0.385 e. The first-order valence-electron chi connectivity index (χ1n) is 9.54. The Labute approximate surface area is 158 Å². The van der Waals surface area contributed by atoms with Crippen LogP contribution in [0, 0.1) is 17.8 Å². The number of para-hydroxylation sites is 1. The predicted molar refractivity (Wildman–Crippen MR) is 97.5 cm³/mol. The van der Waals surface area contributed by atoms with E-state index in [1.54, 1.807) is 7.11 Å². The van der Waals surface area contributed by atoms with Gasteiger partial charge in [0, 0.05) is 31.7 Å². The highest BCUT2D eigenvalue weighted by atomic mass is 16.5. The molecule has 144 valence electrons. The van der Waals surface area contributed by atoms with Crippen LogP contribution in [0.2, 0.25) is 0 Å². The van der Waals surface area contributed by atoms with E-state index in [1.807, 2.05) is 43.4 Å². The van der Waals surface area contributed by atoms with E-state index in [9.17, 15) is 14.4 Å². The van der Waals surface area contributed by atoms with Gasteiger partial charge in [-0.1, -0.05) is 32.0 Å². The molecule has 2 fully saturated rings. The number of nitrogens with one attached hydrogen (secondary N) is 1. The van der Waals surface area contributed by atoms with Crippen LogP contribution >= 0.6 is 0 Å². The van der Waals surface area contributed by atoms with Crippen molar-refractivity contribution in [1.82, 2.24) is 4.90 Å². The summed E-state index contributed by atoms with van der Waals surface area (Å²) < 4.78 is 5.06. The fourth-order valence-corrected chi connectivity index (χ4v) is 5.10. The Morgan fingerprint density at radius 3 is 2.67 bits per heavy atom. The van der Waals surface area contributed by atoms with Gasteiger partial charge in [0.1, 0.15) is 17.9 Å². The van der Waals surface area contributed by atoms with Gasteiger partial charge in [0.05, 0.1) is 5.69 Å². The molecule has 3 heterocycles. The average molecular weight is 372 g/mol. The van der Waals surface area contributed by atoms with Crippen LogP contribution < -0.4 is 10.6 Å². The van der Waals surface area contributed by atoms with E-state index < -0.39 is 17.4 Å². The third kappa shape index (κ3) is 2.38. The van der Waals surface area contributed by atoms with E-state index in [-0.39, 0.29) is 29.7 Å². The van der Waals surface area contributed by atoms with Crippen LogP contribution in [0.5, 0.6) is 0 Å². The van der Waals surface area contributed by atoms with Gasteiger partial charge in [0.2, 0.25) is 17.4 Å². The van der Waals surface area contributed by atoms with Crippen molar-refractivity contribution in [2.75, 3.05) is 25.6 Å². The van der Waals surface area contributed by atoms with Gasteiger partial charge in [-0.2, -0.15) is 0 Å². The summed E-state index contributed by atoms with van der Waals surface area (Å²) in [5, 5.41) is 4.92. The lowest BCUT2D eigenvalue weighted by atomic mass is 9.76. The Morgan fingerprint density at radius 2 is 1.96 bits per heavy atom. The summed E-state index contributed by atoms with van der Waals surface area (Å²) in [4.78, 5) is 41.0. The van der Waals surface area contributed by atoms with Gasteiger partial charge in [-0.15, -0.1) is 0 Å². The standard InChI is InChI=1S/C20H25N3O4/c1-11(2)16-14-15(18(25)23(17(14)24)9-6-10-27-3)20(22-16)12-7-4-5-8-13(12)21-19(20)26/h4-5,7-8,11,14-16,22H,6,9-10H2,1-3H3,(H,21,26)/p+1/t14-,15-,16+,20+/m0/s1. The smallest absolute Gasteiger partial charge is 0.291 e. The number of carbonyl (C=O) groups is 3. The lowest BCUT2D eigenvalue weighted by Crippen LogP contribution is -2.99. The number of carbonyl (C=O) groups excluding carboxylic acids is 3. The maximum atomic E-state index is 13.3. The number of anilines is 1. The molecule has 0 saturated carbocycles. The van der Waals surface area contributed by atoms with Crippen LogP contribution in [-0.2, 0) is 24.7 Å². The summed E-state index contributed by atoms with van der Waals surface area (Å²) in [5.41, 5.74) is 0.493. The third-order valence-electron chi connectivity index (χ3n) is 6.30. The second-order valence-corrected chi connectivity index (χ2v) is 8.03. The van der Waals surface area contributed by atoms with Crippen LogP contribution in [-0.4, -0.2) is 48.9 Å². The number of fused-ring (bicyclic) bond motifs is 4. The van der Waals surface area contributed by atoms with Crippen LogP contribution in [0.25, 0.3) is 0 Å². The number of ether oxygens (including phenoxy) is 1. The number of quaternary nitrogens is 1. The van der Waals surface area contributed by atoms with Gasteiger partial charge in [0.25, 0.3) is 5.91 Å². The quantitative estimate of drug-likeness (QED) is 0.565. The number of benzene rings is 1. The SMILES string of the molecule is COCCCN1C(=O)[C@@H]2[C@@H](C(C)C)[NH2+][C@@]3(C(=O)Nc4ccccc43)[C@@H]2C1=O. The number of imide groups is 1. The zero-order valence-electron chi connectivity index (χ0n) is 15.9. The van der Waals surface area contributed by atoms with Crippen LogP contribution in [0.1, 0.15) is 25.8 Å². The maximum Gasteiger partial charge on any atom is 0.291 e. The Morgan fingerprint density at radius 1 is 1.22 bits per heavy atom. The van der Waals surface area contributed by atoms with E-state index in [0.717, 1.165) is 11.3 Å². The molecule has 1 spiro atoms. The monoisotopic (exact) mass is 372 g/mol. The molecule has 4 atom stereocenters.